The fourth-order valence-electron chi connectivity index (χ4n) is 1.67. The van der Waals surface area contributed by atoms with Gasteiger partial charge in [0.05, 0.1) is 24.3 Å². The van der Waals surface area contributed by atoms with Crippen LogP contribution in [0.2, 0.25) is 0 Å². The molecule has 2 rings (SSSR count). The SMILES string of the molecule is CC(O)(CN)c1ccc2c(c1)NC(=O)CCO2. The van der Waals surface area contributed by atoms with E-state index in [1.807, 2.05) is 0 Å². The van der Waals surface area contributed by atoms with Crippen LogP contribution in [0, 0.1) is 0 Å². The lowest BCUT2D eigenvalue weighted by molar-refractivity contribution is -0.116. The second kappa shape index (κ2) is 4.35. The summed E-state index contributed by atoms with van der Waals surface area (Å²) in [7, 11) is 0. The van der Waals surface area contributed by atoms with Gasteiger partial charge in [-0.15, -0.1) is 0 Å². The van der Waals surface area contributed by atoms with Gasteiger partial charge in [-0.25, -0.2) is 0 Å². The minimum Gasteiger partial charge on any atom is -0.491 e. The van der Waals surface area contributed by atoms with Crippen molar-refractivity contribution in [3.8, 4) is 5.75 Å². The molecule has 1 aliphatic rings. The maximum absolute atomic E-state index is 11.4. The lowest BCUT2D eigenvalue weighted by Gasteiger charge is -2.22. The first kappa shape index (κ1) is 11.9. The van der Waals surface area contributed by atoms with E-state index >= 15 is 0 Å². The van der Waals surface area contributed by atoms with Crippen LogP contribution in [0.15, 0.2) is 18.2 Å². The Bertz CT molecular complexity index is 443. The number of carbonyl (C=O) groups excluding carboxylic acids is 1. The summed E-state index contributed by atoms with van der Waals surface area (Å²) in [5, 5.41) is 12.8. The maximum Gasteiger partial charge on any atom is 0.227 e. The molecule has 4 N–H and O–H groups in total. The smallest absolute Gasteiger partial charge is 0.227 e. The number of aliphatic hydroxyl groups is 1. The van der Waals surface area contributed by atoms with Crippen LogP contribution in [-0.4, -0.2) is 24.2 Å². The zero-order chi connectivity index (χ0) is 12.5. The summed E-state index contributed by atoms with van der Waals surface area (Å²) in [4.78, 5) is 11.4. The molecular formula is C12H16N2O3. The second-order valence-electron chi connectivity index (χ2n) is 4.34. The van der Waals surface area contributed by atoms with Gasteiger partial charge < -0.3 is 20.9 Å². The number of rotatable bonds is 2. The molecule has 0 aromatic heterocycles. The Morgan fingerprint density at radius 1 is 1.59 bits per heavy atom. The number of nitrogens with two attached hydrogens (primary N) is 1. The molecule has 1 atom stereocenters. The third-order valence-electron chi connectivity index (χ3n) is 2.86. The van der Waals surface area contributed by atoms with Gasteiger partial charge >= 0.3 is 0 Å². The molecule has 1 aromatic rings. The summed E-state index contributed by atoms with van der Waals surface area (Å²) in [5.41, 5.74) is 5.64. The van der Waals surface area contributed by atoms with Gasteiger partial charge in [0.15, 0.2) is 0 Å². The van der Waals surface area contributed by atoms with Crippen LogP contribution in [0.25, 0.3) is 0 Å². The third kappa shape index (κ3) is 2.40. The van der Waals surface area contributed by atoms with E-state index in [4.69, 9.17) is 10.5 Å². The molecule has 1 unspecified atom stereocenters. The number of hydrogen-bond acceptors (Lipinski definition) is 4. The van der Waals surface area contributed by atoms with Crippen molar-refractivity contribution in [1.29, 1.82) is 0 Å². The minimum atomic E-state index is -1.11. The van der Waals surface area contributed by atoms with E-state index in [0.29, 0.717) is 30.0 Å². The van der Waals surface area contributed by atoms with Gasteiger partial charge in [0.25, 0.3) is 0 Å². The Morgan fingerprint density at radius 2 is 2.35 bits per heavy atom. The van der Waals surface area contributed by atoms with Crippen molar-refractivity contribution >= 4 is 11.6 Å². The molecule has 1 aromatic carbocycles. The average molecular weight is 236 g/mol. The highest BCUT2D eigenvalue weighted by atomic mass is 16.5. The fraction of sp³-hybridized carbons (Fsp3) is 0.417. The van der Waals surface area contributed by atoms with Gasteiger partial charge in [-0.1, -0.05) is 6.07 Å². The second-order valence-corrected chi connectivity index (χ2v) is 4.34. The highest BCUT2D eigenvalue weighted by molar-refractivity contribution is 5.93. The van der Waals surface area contributed by atoms with E-state index in [9.17, 15) is 9.90 Å². The molecule has 5 heteroatoms. The van der Waals surface area contributed by atoms with Gasteiger partial charge in [0.2, 0.25) is 5.91 Å². The summed E-state index contributed by atoms with van der Waals surface area (Å²) < 4.78 is 5.42. The van der Waals surface area contributed by atoms with Crippen LogP contribution in [0.3, 0.4) is 0 Å². The molecule has 1 aliphatic heterocycles. The molecule has 0 saturated carbocycles. The van der Waals surface area contributed by atoms with Crippen LogP contribution >= 0.6 is 0 Å². The van der Waals surface area contributed by atoms with Crippen molar-refractivity contribution in [3.05, 3.63) is 23.8 Å². The van der Waals surface area contributed by atoms with Gasteiger partial charge in [-0.2, -0.15) is 0 Å². The number of amides is 1. The van der Waals surface area contributed by atoms with Crippen molar-refractivity contribution in [1.82, 2.24) is 0 Å². The Balaban J connectivity index is 2.39. The quantitative estimate of drug-likeness (QED) is 0.701. The zero-order valence-electron chi connectivity index (χ0n) is 9.69. The Morgan fingerprint density at radius 3 is 3.06 bits per heavy atom. The van der Waals surface area contributed by atoms with Crippen LogP contribution in [-0.2, 0) is 10.4 Å². The van der Waals surface area contributed by atoms with Gasteiger partial charge in [-0.05, 0) is 24.6 Å². The standard InChI is InChI=1S/C12H16N2O3/c1-12(16,7-13)8-2-3-10-9(6-8)14-11(15)4-5-17-10/h2-3,6,16H,4-5,7,13H2,1H3,(H,14,15). The summed E-state index contributed by atoms with van der Waals surface area (Å²) in [6.45, 7) is 2.11. The summed E-state index contributed by atoms with van der Waals surface area (Å²) in [6, 6.07) is 5.19. The summed E-state index contributed by atoms with van der Waals surface area (Å²) >= 11 is 0. The van der Waals surface area contributed by atoms with E-state index in [1.54, 1.807) is 25.1 Å². The number of ether oxygens (including phenoxy) is 1. The Labute approximate surface area is 99.6 Å². The molecular weight excluding hydrogens is 220 g/mol. The van der Waals surface area contributed by atoms with Crippen molar-refractivity contribution in [2.24, 2.45) is 5.73 Å². The van der Waals surface area contributed by atoms with E-state index in [1.165, 1.54) is 0 Å². The third-order valence-corrected chi connectivity index (χ3v) is 2.86. The molecule has 0 spiro atoms. The molecule has 1 heterocycles. The number of nitrogens with one attached hydrogen (secondary N) is 1. The molecule has 17 heavy (non-hydrogen) atoms. The Hall–Kier alpha value is -1.59. The number of hydrogen-bond donors (Lipinski definition) is 3. The van der Waals surface area contributed by atoms with E-state index in [0.717, 1.165) is 0 Å². The van der Waals surface area contributed by atoms with Crippen molar-refractivity contribution in [3.63, 3.8) is 0 Å². The van der Waals surface area contributed by atoms with E-state index < -0.39 is 5.60 Å². The monoisotopic (exact) mass is 236 g/mol. The molecule has 1 amide bonds. The molecule has 0 bridgehead atoms. The normalized spacial score (nSPS) is 18.4. The first-order valence-electron chi connectivity index (χ1n) is 5.52. The summed E-state index contributed by atoms with van der Waals surface area (Å²) in [6.07, 6.45) is 0.331. The Kier molecular flexibility index (Phi) is 3.04. The van der Waals surface area contributed by atoms with Gasteiger partial charge in [-0.3, -0.25) is 4.79 Å². The lowest BCUT2D eigenvalue weighted by Crippen LogP contribution is -2.31. The van der Waals surface area contributed by atoms with Crippen LogP contribution in [0.5, 0.6) is 5.75 Å². The topological polar surface area (TPSA) is 84.6 Å². The minimum absolute atomic E-state index is 0.0895. The van der Waals surface area contributed by atoms with Crippen molar-refractivity contribution < 1.29 is 14.6 Å². The van der Waals surface area contributed by atoms with Crippen molar-refractivity contribution in [2.45, 2.75) is 18.9 Å². The predicted molar refractivity (Wildman–Crippen MR) is 63.8 cm³/mol. The molecule has 0 aliphatic carbocycles. The first-order chi connectivity index (χ1) is 8.03. The number of benzene rings is 1. The lowest BCUT2D eigenvalue weighted by atomic mass is 9.95. The van der Waals surface area contributed by atoms with E-state index in [2.05, 4.69) is 5.32 Å². The van der Waals surface area contributed by atoms with Crippen LogP contribution in [0.4, 0.5) is 5.69 Å². The molecule has 92 valence electrons. The zero-order valence-corrected chi connectivity index (χ0v) is 9.69. The first-order valence-corrected chi connectivity index (χ1v) is 5.52. The summed E-state index contributed by atoms with van der Waals surface area (Å²) in [5.74, 6) is 0.528. The molecule has 5 nitrogen and oxygen atoms in total. The fourth-order valence-corrected chi connectivity index (χ4v) is 1.67. The van der Waals surface area contributed by atoms with Gasteiger partial charge in [0.1, 0.15) is 5.75 Å². The van der Waals surface area contributed by atoms with Crippen molar-refractivity contribution in [2.75, 3.05) is 18.5 Å². The molecule has 0 radical (unpaired) electrons. The van der Waals surface area contributed by atoms with Crippen LogP contribution in [0.1, 0.15) is 18.9 Å². The average Bonchev–Trinajstić information content (AvgIpc) is 2.48. The maximum atomic E-state index is 11.4. The largest absolute Gasteiger partial charge is 0.491 e. The number of fused-ring (bicyclic) bond motifs is 1. The van der Waals surface area contributed by atoms with Gasteiger partial charge in [0, 0.05) is 6.54 Å². The van der Waals surface area contributed by atoms with E-state index in [-0.39, 0.29) is 12.5 Å². The molecule has 0 saturated heterocycles. The predicted octanol–water partition coefficient (Wildman–Crippen LogP) is 0.574. The van der Waals surface area contributed by atoms with Crippen LogP contribution < -0.4 is 15.8 Å². The number of anilines is 1. The highest BCUT2D eigenvalue weighted by Crippen LogP contribution is 2.31. The molecule has 0 fully saturated rings. The number of carbonyl (C=O) groups is 1. The highest BCUT2D eigenvalue weighted by Gasteiger charge is 2.23.